The average Bonchev–Trinajstić information content (AvgIpc) is 2.59. The van der Waals surface area contributed by atoms with Crippen molar-refractivity contribution in [2.75, 3.05) is 53.0 Å². The second-order valence-electron chi connectivity index (χ2n) is 5.18. The molecule has 4 nitrogen and oxygen atoms in total. The first-order valence-electron chi connectivity index (χ1n) is 8.35. The summed E-state index contributed by atoms with van der Waals surface area (Å²) in [7, 11) is 2.18. The molecule has 22 heavy (non-hydrogen) atoms. The Labute approximate surface area is 137 Å². The summed E-state index contributed by atoms with van der Waals surface area (Å²) in [6, 6.07) is 2.38. The van der Waals surface area contributed by atoms with Crippen molar-refractivity contribution < 1.29 is 4.74 Å². The van der Waals surface area contributed by atoms with Crippen molar-refractivity contribution in [2.45, 2.75) is 33.6 Å². The van der Waals surface area contributed by atoms with Gasteiger partial charge in [0.25, 0.3) is 0 Å². The van der Waals surface area contributed by atoms with Crippen LogP contribution in [-0.4, -0.2) is 62.8 Å². The van der Waals surface area contributed by atoms with Crippen LogP contribution in [0, 0.1) is 29.7 Å². The molecule has 0 spiro atoms. The van der Waals surface area contributed by atoms with E-state index >= 15 is 0 Å². The fourth-order valence-electron chi connectivity index (χ4n) is 2.27. The maximum absolute atomic E-state index is 5.16. The summed E-state index contributed by atoms with van der Waals surface area (Å²) in [4.78, 5) is 4.59. The molecule has 126 valence electrons. The summed E-state index contributed by atoms with van der Waals surface area (Å²) in [6.45, 7) is 12.8. The number of likely N-dealkylation sites (tertiary alicyclic amines) is 1. The van der Waals surface area contributed by atoms with Crippen molar-refractivity contribution in [2.24, 2.45) is 11.7 Å². The van der Waals surface area contributed by atoms with Crippen LogP contribution < -0.4 is 5.73 Å². The zero-order valence-corrected chi connectivity index (χ0v) is 14.8. The molecule has 4 heteroatoms. The van der Waals surface area contributed by atoms with E-state index in [0.29, 0.717) is 5.92 Å². The summed E-state index contributed by atoms with van der Waals surface area (Å²) in [5.41, 5.74) is 5.03. The third-order valence-corrected chi connectivity index (χ3v) is 3.58. The van der Waals surface area contributed by atoms with Gasteiger partial charge in [-0.2, -0.15) is 0 Å². The van der Waals surface area contributed by atoms with Gasteiger partial charge in [0.1, 0.15) is 0 Å². The molecule has 2 N–H and O–H groups in total. The Kier molecular flexibility index (Phi) is 13.9. The SMILES string of the molecule is CC.CC#CC1CCN(C)CC1.NC#CCN1CCOCC1. The summed E-state index contributed by atoms with van der Waals surface area (Å²) in [5.74, 6) is 9.71. The van der Waals surface area contributed by atoms with Crippen LogP contribution in [0.5, 0.6) is 0 Å². The van der Waals surface area contributed by atoms with Crippen molar-refractivity contribution in [1.29, 1.82) is 0 Å². The number of morpholine rings is 1. The average molecular weight is 307 g/mol. The predicted octanol–water partition coefficient (Wildman–Crippen LogP) is 1.62. The van der Waals surface area contributed by atoms with Crippen LogP contribution in [0.15, 0.2) is 0 Å². The summed E-state index contributed by atoms with van der Waals surface area (Å²) < 4.78 is 5.16. The molecule has 0 bridgehead atoms. The van der Waals surface area contributed by atoms with E-state index in [2.05, 4.69) is 40.7 Å². The summed E-state index contributed by atoms with van der Waals surface area (Å²) in [6.07, 6.45) is 2.52. The van der Waals surface area contributed by atoms with E-state index in [4.69, 9.17) is 10.5 Å². The van der Waals surface area contributed by atoms with Crippen molar-refractivity contribution in [3.63, 3.8) is 0 Å². The molecule has 0 unspecified atom stereocenters. The normalized spacial score (nSPS) is 19.1. The first-order valence-corrected chi connectivity index (χ1v) is 8.35. The Morgan fingerprint density at radius 2 is 1.68 bits per heavy atom. The molecule has 0 aromatic carbocycles. The molecule has 0 saturated carbocycles. The van der Waals surface area contributed by atoms with Crippen LogP contribution in [0.3, 0.4) is 0 Å². The van der Waals surface area contributed by atoms with Gasteiger partial charge in [0.15, 0.2) is 0 Å². The third-order valence-electron chi connectivity index (χ3n) is 3.58. The van der Waals surface area contributed by atoms with Crippen LogP contribution in [0.4, 0.5) is 0 Å². The molecule has 0 radical (unpaired) electrons. The van der Waals surface area contributed by atoms with Crippen LogP contribution in [-0.2, 0) is 4.74 Å². The van der Waals surface area contributed by atoms with Gasteiger partial charge in [0.2, 0.25) is 0 Å². The molecule has 2 aliphatic heterocycles. The molecule has 2 fully saturated rings. The topological polar surface area (TPSA) is 41.7 Å². The Hall–Kier alpha value is -1.20. The van der Waals surface area contributed by atoms with E-state index in [-0.39, 0.29) is 0 Å². The highest BCUT2D eigenvalue weighted by Gasteiger charge is 2.13. The van der Waals surface area contributed by atoms with Crippen LogP contribution in [0.2, 0.25) is 0 Å². The number of rotatable bonds is 1. The molecule has 0 aromatic rings. The lowest BCUT2D eigenvalue weighted by molar-refractivity contribution is 0.0443. The lowest BCUT2D eigenvalue weighted by Gasteiger charge is -2.25. The van der Waals surface area contributed by atoms with Gasteiger partial charge >= 0.3 is 0 Å². The number of hydrogen-bond acceptors (Lipinski definition) is 4. The van der Waals surface area contributed by atoms with Gasteiger partial charge in [0, 0.05) is 25.1 Å². The zero-order chi connectivity index (χ0) is 16.6. The zero-order valence-electron chi connectivity index (χ0n) is 14.8. The van der Waals surface area contributed by atoms with Crippen LogP contribution >= 0.6 is 0 Å². The quantitative estimate of drug-likeness (QED) is 0.590. The van der Waals surface area contributed by atoms with Gasteiger partial charge in [-0.05, 0) is 39.9 Å². The first-order chi connectivity index (χ1) is 10.8. The summed E-state index contributed by atoms with van der Waals surface area (Å²) >= 11 is 0. The smallest absolute Gasteiger partial charge is 0.0621 e. The minimum atomic E-state index is 0.682. The van der Waals surface area contributed by atoms with Gasteiger partial charge in [-0.25, -0.2) is 0 Å². The van der Waals surface area contributed by atoms with Gasteiger partial charge in [-0.15, -0.1) is 11.8 Å². The minimum absolute atomic E-state index is 0.682. The fraction of sp³-hybridized carbons (Fsp3) is 0.778. The van der Waals surface area contributed by atoms with Gasteiger partial charge in [-0.1, -0.05) is 19.8 Å². The summed E-state index contributed by atoms with van der Waals surface area (Å²) in [5, 5.41) is 0. The first kappa shape index (κ1) is 20.8. The maximum atomic E-state index is 5.16. The Morgan fingerprint density at radius 1 is 1.09 bits per heavy atom. The van der Waals surface area contributed by atoms with Crippen LogP contribution in [0.1, 0.15) is 33.6 Å². The van der Waals surface area contributed by atoms with E-state index in [1.54, 1.807) is 0 Å². The lowest BCUT2D eigenvalue weighted by atomic mass is 9.98. The van der Waals surface area contributed by atoms with E-state index in [0.717, 1.165) is 32.8 Å². The second kappa shape index (κ2) is 14.7. The molecule has 0 amide bonds. The van der Waals surface area contributed by atoms with Crippen LogP contribution in [0.25, 0.3) is 0 Å². The van der Waals surface area contributed by atoms with Gasteiger partial charge in [0.05, 0.1) is 19.8 Å². The van der Waals surface area contributed by atoms with Gasteiger partial charge < -0.3 is 15.4 Å². The molecule has 2 rings (SSSR count). The maximum Gasteiger partial charge on any atom is 0.0621 e. The standard InChI is InChI=1S/C9H15N.C7H12N2O.C2H6/c1-3-4-9-5-7-10(2)8-6-9;8-2-1-3-9-4-6-10-7-5-9;1-2/h9H,5-8H2,1-2H3;3-8H2;1-2H3. The fourth-order valence-corrected chi connectivity index (χ4v) is 2.27. The monoisotopic (exact) mass is 307 g/mol. The van der Waals surface area contributed by atoms with E-state index in [9.17, 15) is 0 Å². The van der Waals surface area contributed by atoms with E-state index < -0.39 is 0 Å². The van der Waals surface area contributed by atoms with Crippen molar-refractivity contribution in [1.82, 2.24) is 9.80 Å². The Balaban J connectivity index is 0.000000360. The molecule has 0 aromatic heterocycles. The predicted molar refractivity (Wildman–Crippen MR) is 94.2 cm³/mol. The number of ether oxygens (including phenoxy) is 1. The lowest BCUT2D eigenvalue weighted by Crippen LogP contribution is -2.36. The third kappa shape index (κ3) is 10.5. The minimum Gasteiger partial charge on any atom is -0.379 e. The highest BCUT2D eigenvalue weighted by Crippen LogP contribution is 2.14. The molecule has 0 aliphatic carbocycles. The highest BCUT2D eigenvalue weighted by atomic mass is 16.5. The number of piperidine rings is 1. The van der Waals surface area contributed by atoms with E-state index in [1.165, 1.54) is 25.9 Å². The van der Waals surface area contributed by atoms with Crippen molar-refractivity contribution >= 4 is 0 Å². The molecule has 2 heterocycles. The molecule has 2 saturated heterocycles. The molecular formula is C18H33N3O. The van der Waals surface area contributed by atoms with Crippen molar-refractivity contribution in [3.05, 3.63) is 0 Å². The van der Waals surface area contributed by atoms with Crippen molar-refractivity contribution in [3.8, 4) is 23.8 Å². The number of hydrogen-bond donors (Lipinski definition) is 1. The Morgan fingerprint density at radius 3 is 2.18 bits per heavy atom. The Bertz CT molecular complexity index is 361. The van der Waals surface area contributed by atoms with Gasteiger partial charge in [-0.3, -0.25) is 4.90 Å². The highest BCUT2D eigenvalue weighted by molar-refractivity contribution is 5.02. The number of nitrogens with zero attached hydrogens (tertiary/aromatic N) is 2. The second-order valence-corrected chi connectivity index (χ2v) is 5.18. The van der Waals surface area contributed by atoms with E-state index in [1.807, 2.05) is 20.8 Å². The number of nitrogens with two attached hydrogens (primary N) is 1. The molecule has 2 aliphatic rings. The largest absolute Gasteiger partial charge is 0.379 e. The molecular weight excluding hydrogens is 274 g/mol. The molecule has 0 atom stereocenters.